The molecule has 0 saturated heterocycles. The number of hydrogen-bond donors (Lipinski definition) is 1. The van der Waals surface area contributed by atoms with Gasteiger partial charge in [-0.25, -0.2) is 0 Å². The summed E-state index contributed by atoms with van der Waals surface area (Å²) in [4.78, 5) is 19.8. The minimum Gasteiger partial charge on any atom is -0.322 e. The lowest BCUT2D eigenvalue weighted by molar-refractivity contribution is -0.569. The van der Waals surface area contributed by atoms with Crippen LogP contribution in [0.3, 0.4) is 0 Å². The molecular weight excluding hydrogens is 178 g/mol. The van der Waals surface area contributed by atoms with E-state index in [0.29, 0.717) is 12.8 Å². The highest BCUT2D eigenvalue weighted by atomic mass is 16.6. The molecule has 0 heterocycles. The Morgan fingerprint density at radius 1 is 1.15 bits per heavy atom. The number of nitrogens with zero attached hydrogens (tertiary/aromatic N) is 2. The Kier molecular flexibility index (Phi) is 2.76. The summed E-state index contributed by atoms with van der Waals surface area (Å²) in [6.07, 6.45) is 0.664. The minimum atomic E-state index is -0.954. The Bertz CT molecular complexity index is 232. The van der Waals surface area contributed by atoms with Crippen LogP contribution in [0, 0.1) is 20.2 Å². The molecule has 0 aromatic heterocycles. The summed E-state index contributed by atoms with van der Waals surface area (Å²) in [5, 5.41) is 20.8. The normalized spacial score (nSPS) is 34.1. The van der Waals surface area contributed by atoms with Crippen LogP contribution in [-0.4, -0.2) is 28.0 Å². The fourth-order valence-electron chi connectivity index (χ4n) is 1.58. The zero-order chi connectivity index (χ0) is 10.0. The van der Waals surface area contributed by atoms with Gasteiger partial charge in [0.1, 0.15) is 0 Å². The topological polar surface area (TPSA) is 112 Å². The van der Waals surface area contributed by atoms with E-state index in [1.807, 2.05) is 0 Å². The summed E-state index contributed by atoms with van der Waals surface area (Å²) in [6, 6.07) is -2.29. The van der Waals surface area contributed by atoms with Gasteiger partial charge in [-0.3, -0.25) is 20.2 Å². The Balaban J connectivity index is 2.63. The van der Waals surface area contributed by atoms with Crippen molar-refractivity contribution in [1.82, 2.24) is 0 Å². The third-order valence-corrected chi connectivity index (χ3v) is 2.41. The van der Waals surface area contributed by atoms with Crippen molar-refractivity contribution in [2.24, 2.45) is 5.73 Å². The van der Waals surface area contributed by atoms with E-state index in [1.165, 1.54) is 0 Å². The van der Waals surface area contributed by atoms with E-state index in [9.17, 15) is 20.2 Å². The fraction of sp³-hybridized carbons (Fsp3) is 1.00. The van der Waals surface area contributed by atoms with Crippen molar-refractivity contribution >= 4 is 0 Å². The standard InChI is InChI=1S/C6H11N3O4/c7-5-2-1-4(8(10)11)3-6(5)9(12)13/h4-6H,1-3,7H2. The van der Waals surface area contributed by atoms with Crippen LogP contribution in [0.5, 0.6) is 0 Å². The second-order valence-electron chi connectivity index (χ2n) is 3.27. The second kappa shape index (κ2) is 3.65. The Morgan fingerprint density at radius 2 is 1.77 bits per heavy atom. The Hall–Kier alpha value is -1.24. The van der Waals surface area contributed by atoms with Crippen molar-refractivity contribution in [3.05, 3.63) is 20.2 Å². The van der Waals surface area contributed by atoms with Gasteiger partial charge in [0, 0.05) is 16.3 Å². The summed E-state index contributed by atoms with van der Waals surface area (Å²) in [5.74, 6) is 0. The van der Waals surface area contributed by atoms with E-state index in [-0.39, 0.29) is 6.42 Å². The van der Waals surface area contributed by atoms with E-state index in [4.69, 9.17) is 5.73 Å². The van der Waals surface area contributed by atoms with E-state index in [1.54, 1.807) is 0 Å². The van der Waals surface area contributed by atoms with Crippen molar-refractivity contribution < 1.29 is 9.85 Å². The maximum absolute atomic E-state index is 10.4. The van der Waals surface area contributed by atoms with Gasteiger partial charge in [-0.05, 0) is 6.42 Å². The molecule has 3 atom stereocenters. The van der Waals surface area contributed by atoms with E-state index >= 15 is 0 Å². The van der Waals surface area contributed by atoms with Crippen LogP contribution in [0.2, 0.25) is 0 Å². The quantitative estimate of drug-likeness (QED) is 0.477. The molecule has 13 heavy (non-hydrogen) atoms. The van der Waals surface area contributed by atoms with E-state index in [0.717, 1.165) is 0 Å². The van der Waals surface area contributed by atoms with Crippen LogP contribution in [0.1, 0.15) is 19.3 Å². The summed E-state index contributed by atoms with van der Waals surface area (Å²) < 4.78 is 0. The SMILES string of the molecule is NC1CCC([N+](=O)[O-])CC1[N+](=O)[O-]. The third-order valence-electron chi connectivity index (χ3n) is 2.41. The number of hydrogen-bond acceptors (Lipinski definition) is 5. The van der Waals surface area contributed by atoms with Gasteiger partial charge < -0.3 is 5.73 Å². The monoisotopic (exact) mass is 189 g/mol. The molecule has 0 radical (unpaired) electrons. The second-order valence-corrected chi connectivity index (χ2v) is 3.27. The highest BCUT2D eigenvalue weighted by Crippen LogP contribution is 2.21. The lowest BCUT2D eigenvalue weighted by Crippen LogP contribution is -2.48. The largest absolute Gasteiger partial charge is 0.322 e. The molecule has 1 rings (SSSR count). The molecule has 1 fully saturated rings. The van der Waals surface area contributed by atoms with Crippen LogP contribution >= 0.6 is 0 Å². The molecule has 74 valence electrons. The molecule has 1 aliphatic rings. The highest BCUT2D eigenvalue weighted by Gasteiger charge is 2.41. The molecule has 0 aromatic carbocycles. The lowest BCUT2D eigenvalue weighted by Gasteiger charge is -2.23. The molecule has 1 saturated carbocycles. The van der Waals surface area contributed by atoms with Crippen molar-refractivity contribution in [3.8, 4) is 0 Å². The van der Waals surface area contributed by atoms with Gasteiger partial charge in [-0.1, -0.05) is 0 Å². The molecular formula is C6H11N3O4. The number of nitro groups is 2. The van der Waals surface area contributed by atoms with E-state index in [2.05, 4.69) is 0 Å². The maximum Gasteiger partial charge on any atom is 0.234 e. The predicted octanol–water partition coefficient (Wildman–Crippen LogP) is -0.212. The summed E-state index contributed by atoms with van der Waals surface area (Å²) in [7, 11) is 0. The van der Waals surface area contributed by atoms with Crippen LogP contribution < -0.4 is 5.73 Å². The smallest absolute Gasteiger partial charge is 0.234 e. The zero-order valence-electron chi connectivity index (χ0n) is 6.96. The Morgan fingerprint density at radius 3 is 2.23 bits per heavy atom. The van der Waals surface area contributed by atoms with Crippen molar-refractivity contribution in [2.75, 3.05) is 0 Å². The molecule has 0 spiro atoms. The van der Waals surface area contributed by atoms with Gasteiger partial charge in [0.15, 0.2) is 0 Å². The molecule has 0 amide bonds. The predicted molar refractivity (Wildman–Crippen MR) is 43.4 cm³/mol. The van der Waals surface area contributed by atoms with Crippen molar-refractivity contribution in [3.63, 3.8) is 0 Å². The molecule has 0 aliphatic heterocycles. The molecule has 7 nitrogen and oxygen atoms in total. The zero-order valence-corrected chi connectivity index (χ0v) is 6.96. The van der Waals surface area contributed by atoms with Gasteiger partial charge in [-0.2, -0.15) is 0 Å². The van der Waals surface area contributed by atoms with Crippen LogP contribution in [-0.2, 0) is 0 Å². The van der Waals surface area contributed by atoms with Gasteiger partial charge in [0.25, 0.3) is 0 Å². The first kappa shape index (κ1) is 9.85. The van der Waals surface area contributed by atoms with Crippen LogP contribution in [0.4, 0.5) is 0 Å². The summed E-state index contributed by atoms with van der Waals surface area (Å²) in [5.41, 5.74) is 5.48. The summed E-state index contributed by atoms with van der Waals surface area (Å²) >= 11 is 0. The van der Waals surface area contributed by atoms with Gasteiger partial charge in [-0.15, -0.1) is 0 Å². The van der Waals surface area contributed by atoms with Crippen molar-refractivity contribution in [1.29, 1.82) is 0 Å². The van der Waals surface area contributed by atoms with Crippen molar-refractivity contribution in [2.45, 2.75) is 37.4 Å². The maximum atomic E-state index is 10.4. The molecule has 3 unspecified atom stereocenters. The Labute approximate surface area is 74.2 Å². The number of nitrogens with two attached hydrogens (primary N) is 1. The lowest BCUT2D eigenvalue weighted by atomic mass is 9.88. The minimum absolute atomic E-state index is 0.0405. The summed E-state index contributed by atoms with van der Waals surface area (Å²) in [6.45, 7) is 0. The first-order valence-electron chi connectivity index (χ1n) is 4.05. The molecule has 1 aliphatic carbocycles. The van der Waals surface area contributed by atoms with Crippen LogP contribution in [0.15, 0.2) is 0 Å². The average molecular weight is 189 g/mol. The molecule has 0 aromatic rings. The molecule has 7 heteroatoms. The van der Waals surface area contributed by atoms with Gasteiger partial charge >= 0.3 is 0 Å². The molecule has 2 N–H and O–H groups in total. The van der Waals surface area contributed by atoms with E-state index < -0.39 is 28.0 Å². The van der Waals surface area contributed by atoms with Gasteiger partial charge in [0.05, 0.1) is 12.5 Å². The average Bonchev–Trinajstić information content (AvgIpc) is 2.04. The first-order chi connectivity index (χ1) is 6.02. The fourth-order valence-corrected chi connectivity index (χ4v) is 1.58. The number of rotatable bonds is 2. The van der Waals surface area contributed by atoms with Crippen LogP contribution in [0.25, 0.3) is 0 Å². The third kappa shape index (κ3) is 2.11. The molecule has 0 bridgehead atoms. The first-order valence-corrected chi connectivity index (χ1v) is 4.05. The highest BCUT2D eigenvalue weighted by molar-refractivity contribution is 4.82. The van der Waals surface area contributed by atoms with Gasteiger partial charge in [0.2, 0.25) is 12.1 Å².